The number of anilines is 4. The second-order valence-corrected chi connectivity index (χ2v) is 8.19. The van der Waals surface area contributed by atoms with E-state index >= 15 is 0 Å². The Morgan fingerprint density at radius 2 is 1.83 bits per heavy atom. The van der Waals surface area contributed by atoms with Gasteiger partial charge in [0.05, 0.1) is 39.8 Å². The lowest BCUT2D eigenvalue weighted by molar-refractivity contribution is -0.114. The second kappa shape index (κ2) is 10.8. The van der Waals surface area contributed by atoms with Crippen LogP contribution in [0.2, 0.25) is 5.02 Å². The summed E-state index contributed by atoms with van der Waals surface area (Å²) in [5.41, 5.74) is 3.40. The maximum absolute atomic E-state index is 12.5. The molecule has 180 valence electrons. The summed E-state index contributed by atoms with van der Waals surface area (Å²) in [5.74, 6) is -0.0558. The number of pyridine rings is 1. The molecule has 0 aliphatic carbocycles. The molecule has 3 N–H and O–H groups in total. The third-order valence-electron chi connectivity index (χ3n) is 5.22. The predicted octanol–water partition coefficient (Wildman–Crippen LogP) is 6.11. The number of nitriles is 1. The lowest BCUT2D eigenvalue weighted by atomic mass is 10.1. The number of amides is 2. The first-order valence-corrected chi connectivity index (χ1v) is 11.5. The van der Waals surface area contributed by atoms with E-state index < -0.39 is 0 Å². The molecular formula is C27H22ClN5O3. The molecule has 0 bridgehead atoms. The van der Waals surface area contributed by atoms with Crippen molar-refractivity contribution in [3.8, 4) is 11.8 Å². The zero-order valence-corrected chi connectivity index (χ0v) is 20.3. The van der Waals surface area contributed by atoms with Crippen LogP contribution < -0.4 is 20.7 Å². The molecule has 1 heterocycles. The molecule has 36 heavy (non-hydrogen) atoms. The minimum absolute atomic E-state index is 0.255. The Labute approximate surface area is 212 Å². The van der Waals surface area contributed by atoms with Crippen molar-refractivity contribution in [1.29, 1.82) is 5.26 Å². The molecule has 0 aliphatic rings. The van der Waals surface area contributed by atoms with Gasteiger partial charge in [-0.1, -0.05) is 29.8 Å². The van der Waals surface area contributed by atoms with Crippen molar-refractivity contribution in [3.63, 3.8) is 0 Å². The Kier molecular flexibility index (Phi) is 7.33. The van der Waals surface area contributed by atoms with Gasteiger partial charge in [-0.3, -0.25) is 14.6 Å². The molecule has 9 heteroatoms. The summed E-state index contributed by atoms with van der Waals surface area (Å²) in [5, 5.41) is 19.4. The molecular weight excluding hydrogens is 478 g/mol. The Balaban J connectivity index is 1.69. The zero-order valence-electron chi connectivity index (χ0n) is 19.6. The van der Waals surface area contributed by atoms with Crippen LogP contribution in [0.1, 0.15) is 29.8 Å². The fourth-order valence-corrected chi connectivity index (χ4v) is 3.85. The molecule has 0 atom stereocenters. The fourth-order valence-electron chi connectivity index (χ4n) is 3.62. The summed E-state index contributed by atoms with van der Waals surface area (Å²) in [7, 11) is 0. The van der Waals surface area contributed by atoms with Gasteiger partial charge < -0.3 is 20.7 Å². The maximum atomic E-state index is 12.5. The molecule has 0 spiro atoms. The van der Waals surface area contributed by atoms with Crippen LogP contribution in [0, 0.1) is 11.3 Å². The van der Waals surface area contributed by atoms with Crippen LogP contribution in [-0.2, 0) is 4.79 Å². The largest absolute Gasteiger partial charge is 0.492 e. The highest BCUT2D eigenvalue weighted by Crippen LogP contribution is 2.37. The maximum Gasteiger partial charge on any atom is 0.255 e. The highest BCUT2D eigenvalue weighted by molar-refractivity contribution is 6.34. The van der Waals surface area contributed by atoms with Crippen molar-refractivity contribution < 1.29 is 14.3 Å². The molecule has 0 unspecified atom stereocenters. The fraction of sp³-hybridized carbons (Fsp3) is 0.111. The summed E-state index contributed by atoms with van der Waals surface area (Å²) < 4.78 is 5.66. The van der Waals surface area contributed by atoms with Crippen LogP contribution in [0.3, 0.4) is 0 Å². The summed E-state index contributed by atoms with van der Waals surface area (Å²) in [6.45, 7) is 3.66. The Morgan fingerprint density at radius 3 is 2.50 bits per heavy atom. The molecule has 2 amide bonds. The van der Waals surface area contributed by atoms with Gasteiger partial charge in [-0.15, -0.1) is 0 Å². The third kappa shape index (κ3) is 5.37. The number of ether oxygens (including phenoxy) is 1. The Morgan fingerprint density at radius 1 is 1.06 bits per heavy atom. The van der Waals surface area contributed by atoms with Crippen LogP contribution in [0.15, 0.2) is 66.9 Å². The average molecular weight is 500 g/mol. The summed E-state index contributed by atoms with van der Waals surface area (Å²) in [6.07, 6.45) is 1.47. The van der Waals surface area contributed by atoms with Crippen LogP contribution in [0.4, 0.5) is 22.7 Å². The smallest absolute Gasteiger partial charge is 0.255 e. The molecule has 0 aliphatic heterocycles. The normalized spacial score (nSPS) is 10.4. The van der Waals surface area contributed by atoms with Crippen LogP contribution >= 0.6 is 11.6 Å². The molecule has 4 aromatic rings. The van der Waals surface area contributed by atoms with Crippen molar-refractivity contribution in [1.82, 2.24) is 4.98 Å². The van der Waals surface area contributed by atoms with Gasteiger partial charge >= 0.3 is 0 Å². The number of benzene rings is 3. The van der Waals surface area contributed by atoms with Gasteiger partial charge in [-0.2, -0.15) is 5.26 Å². The molecule has 0 radical (unpaired) electrons. The molecule has 3 aromatic carbocycles. The van der Waals surface area contributed by atoms with E-state index in [9.17, 15) is 14.9 Å². The number of halogens is 1. The van der Waals surface area contributed by atoms with E-state index in [1.54, 1.807) is 54.6 Å². The second-order valence-electron chi connectivity index (χ2n) is 7.78. The van der Waals surface area contributed by atoms with E-state index in [0.717, 1.165) is 0 Å². The Bertz CT molecular complexity index is 1500. The van der Waals surface area contributed by atoms with E-state index in [1.807, 2.05) is 13.0 Å². The van der Waals surface area contributed by atoms with Crippen molar-refractivity contribution in [2.24, 2.45) is 0 Å². The molecule has 0 saturated carbocycles. The van der Waals surface area contributed by atoms with Crippen molar-refractivity contribution in [2.45, 2.75) is 13.8 Å². The molecule has 0 fully saturated rings. The van der Waals surface area contributed by atoms with Crippen LogP contribution in [-0.4, -0.2) is 23.4 Å². The number of aromatic nitrogens is 1. The van der Waals surface area contributed by atoms with E-state index in [1.165, 1.54) is 13.1 Å². The third-order valence-corrected chi connectivity index (χ3v) is 5.54. The van der Waals surface area contributed by atoms with Crippen LogP contribution in [0.5, 0.6) is 5.75 Å². The lowest BCUT2D eigenvalue weighted by Crippen LogP contribution is -2.12. The summed E-state index contributed by atoms with van der Waals surface area (Å²) in [6, 6.07) is 19.5. The van der Waals surface area contributed by atoms with Gasteiger partial charge in [0.15, 0.2) is 0 Å². The zero-order chi connectivity index (χ0) is 25.7. The van der Waals surface area contributed by atoms with E-state index in [0.29, 0.717) is 62.2 Å². The number of hydrogen-bond donors (Lipinski definition) is 3. The van der Waals surface area contributed by atoms with Gasteiger partial charge in [0.25, 0.3) is 5.91 Å². The predicted molar refractivity (Wildman–Crippen MR) is 141 cm³/mol. The monoisotopic (exact) mass is 499 g/mol. The molecule has 0 saturated heterocycles. The van der Waals surface area contributed by atoms with Crippen molar-refractivity contribution in [3.05, 3.63) is 83.0 Å². The van der Waals surface area contributed by atoms with Crippen molar-refractivity contribution >= 4 is 57.1 Å². The molecule has 4 rings (SSSR count). The van der Waals surface area contributed by atoms with E-state index in [-0.39, 0.29) is 11.8 Å². The number of nitrogens with zero attached hydrogens (tertiary/aromatic N) is 2. The van der Waals surface area contributed by atoms with Gasteiger partial charge in [-0.25, -0.2) is 0 Å². The van der Waals surface area contributed by atoms with Gasteiger partial charge in [-0.05, 0) is 43.3 Å². The molecule has 8 nitrogen and oxygen atoms in total. The van der Waals surface area contributed by atoms with Crippen LogP contribution in [0.25, 0.3) is 10.9 Å². The highest BCUT2D eigenvalue weighted by atomic mass is 35.5. The molecule has 1 aromatic heterocycles. The number of fused-ring (bicyclic) bond motifs is 1. The van der Waals surface area contributed by atoms with E-state index in [2.05, 4.69) is 27.0 Å². The highest BCUT2D eigenvalue weighted by Gasteiger charge is 2.16. The number of rotatable bonds is 7. The summed E-state index contributed by atoms with van der Waals surface area (Å²) in [4.78, 5) is 28.6. The summed E-state index contributed by atoms with van der Waals surface area (Å²) >= 11 is 6.46. The lowest BCUT2D eigenvalue weighted by Gasteiger charge is -2.16. The number of nitrogens with one attached hydrogen (secondary N) is 3. The minimum Gasteiger partial charge on any atom is -0.492 e. The minimum atomic E-state index is -0.277. The first-order valence-electron chi connectivity index (χ1n) is 11.1. The number of hydrogen-bond acceptors (Lipinski definition) is 6. The van der Waals surface area contributed by atoms with Gasteiger partial charge in [0, 0.05) is 35.8 Å². The van der Waals surface area contributed by atoms with E-state index in [4.69, 9.17) is 16.3 Å². The number of carbonyl (C=O) groups is 2. The first kappa shape index (κ1) is 24.5. The van der Waals surface area contributed by atoms with Gasteiger partial charge in [0.2, 0.25) is 5.91 Å². The Hall–Kier alpha value is -4.61. The SMILES string of the molecule is CCOc1cc2ncc(C#N)c(Nc3ccc(NC(=O)c4ccccc4)c(Cl)c3)c2cc1NC(C)=O. The topological polar surface area (TPSA) is 116 Å². The average Bonchev–Trinajstić information content (AvgIpc) is 2.86. The first-order chi connectivity index (χ1) is 17.4. The quantitative estimate of drug-likeness (QED) is 0.282. The van der Waals surface area contributed by atoms with Crippen molar-refractivity contribution in [2.75, 3.05) is 22.6 Å². The number of carbonyl (C=O) groups excluding carboxylic acids is 2. The standard InChI is InChI=1S/C27H22ClN5O3/c1-3-36-25-13-23-20(12-24(25)31-16(2)34)26(18(14-29)15-30-23)32-19-9-10-22(21(28)11-19)33-27(35)17-7-5-4-6-8-17/h4-13,15H,3H2,1-2H3,(H,30,32)(H,31,34)(H,33,35). The van der Waals surface area contributed by atoms with Gasteiger partial charge in [0.1, 0.15) is 11.8 Å².